The van der Waals surface area contributed by atoms with Gasteiger partial charge in [0.1, 0.15) is 17.1 Å². The van der Waals surface area contributed by atoms with E-state index in [4.69, 9.17) is 0 Å². The van der Waals surface area contributed by atoms with Crippen LogP contribution in [0.4, 0.5) is 0 Å². The minimum atomic E-state index is -1.14. The fourth-order valence-electron chi connectivity index (χ4n) is 3.71. The van der Waals surface area contributed by atoms with E-state index in [1.54, 1.807) is 6.07 Å². The summed E-state index contributed by atoms with van der Waals surface area (Å²) in [7, 11) is 0. The highest BCUT2D eigenvalue weighted by molar-refractivity contribution is 5.91. The number of phenols is 2. The van der Waals surface area contributed by atoms with E-state index in [1.807, 2.05) is 39.0 Å². The van der Waals surface area contributed by atoms with E-state index in [2.05, 4.69) is 41.5 Å². The standard InChI is InChI=1S/C26H36O4/c1-24(2,3)18-12-15(11-17(21(18)27)23(29)30)10-16-13-19(25(4,5)6)22(28)20(14-16)26(7,8)9/h11-14,27-28H,10H2,1-9H3,(H,29,30). The van der Waals surface area contributed by atoms with E-state index in [0.29, 0.717) is 17.7 Å². The van der Waals surface area contributed by atoms with Crippen LogP contribution in [0.2, 0.25) is 0 Å². The largest absolute Gasteiger partial charge is 0.507 e. The monoisotopic (exact) mass is 412 g/mol. The Bertz CT molecular complexity index is 929. The van der Waals surface area contributed by atoms with Gasteiger partial charge in [-0.15, -0.1) is 0 Å². The minimum Gasteiger partial charge on any atom is -0.507 e. The van der Waals surface area contributed by atoms with Gasteiger partial charge in [0.2, 0.25) is 0 Å². The molecule has 0 spiro atoms. The summed E-state index contributed by atoms with van der Waals surface area (Å²) in [5.41, 5.74) is 3.23. The lowest BCUT2D eigenvalue weighted by Gasteiger charge is -2.28. The van der Waals surface area contributed by atoms with Gasteiger partial charge in [0.15, 0.2) is 0 Å². The number of rotatable bonds is 3. The Balaban J connectivity index is 2.71. The molecule has 0 aliphatic carbocycles. The molecular weight excluding hydrogens is 376 g/mol. The number of aromatic carboxylic acids is 1. The second-order valence-electron chi connectivity index (χ2n) is 11.3. The van der Waals surface area contributed by atoms with Crippen LogP contribution < -0.4 is 0 Å². The average Bonchev–Trinajstić information content (AvgIpc) is 2.54. The maximum atomic E-state index is 11.7. The second-order valence-corrected chi connectivity index (χ2v) is 11.3. The van der Waals surface area contributed by atoms with Crippen molar-refractivity contribution in [3.63, 3.8) is 0 Å². The fourth-order valence-corrected chi connectivity index (χ4v) is 3.71. The Morgan fingerprint density at radius 2 is 1.00 bits per heavy atom. The summed E-state index contributed by atoms with van der Waals surface area (Å²) in [5.74, 6) is -0.988. The van der Waals surface area contributed by atoms with Gasteiger partial charge >= 0.3 is 5.97 Å². The topological polar surface area (TPSA) is 77.8 Å². The van der Waals surface area contributed by atoms with Crippen LogP contribution in [-0.2, 0) is 22.7 Å². The minimum absolute atomic E-state index is 0.0803. The molecule has 4 heteroatoms. The molecule has 0 aromatic heterocycles. The van der Waals surface area contributed by atoms with E-state index in [1.165, 1.54) is 0 Å². The van der Waals surface area contributed by atoms with E-state index >= 15 is 0 Å². The summed E-state index contributed by atoms with van der Waals surface area (Å²) in [6, 6.07) is 7.46. The Labute approximate surface area is 180 Å². The molecule has 4 nitrogen and oxygen atoms in total. The summed E-state index contributed by atoms with van der Waals surface area (Å²) in [6.45, 7) is 18.3. The third-order valence-electron chi connectivity index (χ3n) is 5.40. The van der Waals surface area contributed by atoms with Crippen LogP contribution in [0.1, 0.15) is 100 Å². The first kappa shape index (κ1) is 23.8. The number of hydrogen-bond acceptors (Lipinski definition) is 3. The molecule has 0 aliphatic rings. The van der Waals surface area contributed by atoms with E-state index in [9.17, 15) is 20.1 Å². The Hall–Kier alpha value is -2.49. The molecule has 2 aromatic carbocycles. The number of carboxylic acid groups (broad SMARTS) is 1. The number of aromatic hydroxyl groups is 2. The molecule has 0 amide bonds. The third kappa shape index (κ3) is 4.97. The number of hydrogen-bond donors (Lipinski definition) is 3. The zero-order valence-electron chi connectivity index (χ0n) is 19.8. The number of phenolic OH excluding ortho intramolecular Hbond substituents is 1. The lowest BCUT2D eigenvalue weighted by atomic mass is 9.77. The predicted octanol–water partition coefficient (Wildman–Crippen LogP) is 6.28. The molecule has 2 rings (SSSR count). The van der Waals surface area contributed by atoms with Gasteiger partial charge in [0, 0.05) is 5.56 Å². The van der Waals surface area contributed by atoms with Gasteiger partial charge in [0.25, 0.3) is 0 Å². The molecule has 30 heavy (non-hydrogen) atoms. The van der Waals surface area contributed by atoms with Crippen molar-refractivity contribution in [1.29, 1.82) is 0 Å². The number of carbonyl (C=O) groups is 1. The van der Waals surface area contributed by atoms with Gasteiger partial charge in [0.05, 0.1) is 0 Å². The van der Waals surface area contributed by atoms with Gasteiger partial charge in [-0.2, -0.15) is 0 Å². The van der Waals surface area contributed by atoms with E-state index < -0.39 is 11.4 Å². The summed E-state index contributed by atoms with van der Waals surface area (Å²) < 4.78 is 0. The molecule has 0 saturated carbocycles. The van der Waals surface area contributed by atoms with Crippen molar-refractivity contribution in [2.75, 3.05) is 0 Å². The summed E-state index contributed by atoms with van der Waals surface area (Å²) >= 11 is 0. The third-order valence-corrected chi connectivity index (χ3v) is 5.40. The summed E-state index contributed by atoms with van der Waals surface area (Å²) in [6.07, 6.45) is 0.510. The molecule has 0 bridgehead atoms. The van der Waals surface area contributed by atoms with Crippen LogP contribution in [0, 0.1) is 0 Å². The van der Waals surface area contributed by atoms with Crippen molar-refractivity contribution in [2.45, 2.75) is 85.0 Å². The SMILES string of the molecule is CC(C)(C)c1cc(Cc2cc(C(C)(C)C)c(O)c(C(C)(C)C)c2)cc(C(=O)O)c1O. The van der Waals surface area contributed by atoms with Crippen LogP contribution in [0.5, 0.6) is 11.5 Å². The zero-order valence-corrected chi connectivity index (χ0v) is 19.8. The molecule has 0 heterocycles. The Morgan fingerprint density at radius 3 is 1.33 bits per heavy atom. The molecular formula is C26H36O4. The van der Waals surface area contributed by atoms with Crippen molar-refractivity contribution in [2.24, 2.45) is 0 Å². The van der Waals surface area contributed by atoms with Crippen molar-refractivity contribution >= 4 is 5.97 Å². The van der Waals surface area contributed by atoms with Crippen molar-refractivity contribution in [1.82, 2.24) is 0 Å². The molecule has 0 fully saturated rings. The first-order valence-corrected chi connectivity index (χ1v) is 10.4. The van der Waals surface area contributed by atoms with Gasteiger partial charge in [-0.3, -0.25) is 0 Å². The highest BCUT2D eigenvalue weighted by Crippen LogP contribution is 2.41. The Morgan fingerprint density at radius 1 is 0.667 bits per heavy atom. The first-order chi connectivity index (χ1) is 13.4. The molecule has 0 aliphatic heterocycles. The molecule has 0 saturated heterocycles. The van der Waals surface area contributed by atoms with Crippen molar-refractivity contribution < 1.29 is 20.1 Å². The molecule has 2 aromatic rings. The van der Waals surface area contributed by atoms with Crippen LogP contribution in [0.25, 0.3) is 0 Å². The molecule has 3 N–H and O–H groups in total. The van der Waals surface area contributed by atoms with Crippen LogP contribution in [-0.4, -0.2) is 21.3 Å². The van der Waals surface area contributed by atoms with E-state index in [0.717, 1.165) is 22.3 Å². The number of benzene rings is 2. The summed E-state index contributed by atoms with van der Waals surface area (Å²) in [4.78, 5) is 11.7. The van der Waals surface area contributed by atoms with Crippen LogP contribution >= 0.6 is 0 Å². The molecule has 0 unspecified atom stereocenters. The van der Waals surface area contributed by atoms with E-state index in [-0.39, 0.29) is 22.1 Å². The van der Waals surface area contributed by atoms with Crippen molar-refractivity contribution in [3.05, 3.63) is 57.6 Å². The average molecular weight is 413 g/mol. The number of carboxylic acids is 1. The van der Waals surface area contributed by atoms with Gasteiger partial charge in [-0.05, 0) is 51.0 Å². The first-order valence-electron chi connectivity index (χ1n) is 10.4. The highest BCUT2D eigenvalue weighted by Gasteiger charge is 2.27. The second kappa shape index (κ2) is 7.64. The van der Waals surface area contributed by atoms with Crippen LogP contribution in [0.15, 0.2) is 24.3 Å². The van der Waals surface area contributed by atoms with Crippen molar-refractivity contribution in [3.8, 4) is 11.5 Å². The highest BCUT2D eigenvalue weighted by atomic mass is 16.4. The zero-order chi connectivity index (χ0) is 23.2. The van der Waals surface area contributed by atoms with Gasteiger partial charge < -0.3 is 15.3 Å². The van der Waals surface area contributed by atoms with Gasteiger partial charge in [-0.25, -0.2) is 4.79 Å². The molecule has 164 valence electrons. The maximum Gasteiger partial charge on any atom is 0.339 e. The lowest BCUT2D eigenvalue weighted by Crippen LogP contribution is -2.18. The quantitative estimate of drug-likeness (QED) is 0.554. The Kier molecular flexibility index (Phi) is 6.06. The molecule has 0 radical (unpaired) electrons. The normalized spacial score (nSPS) is 12.8. The fraction of sp³-hybridized carbons (Fsp3) is 0.500. The smallest absolute Gasteiger partial charge is 0.339 e. The predicted molar refractivity (Wildman–Crippen MR) is 122 cm³/mol. The maximum absolute atomic E-state index is 11.7. The molecule has 0 atom stereocenters. The lowest BCUT2D eigenvalue weighted by molar-refractivity contribution is 0.0693. The van der Waals surface area contributed by atoms with Gasteiger partial charge in [-0.1, -0.05) is 80.5 Å². The summed E-state index contributed by atoms with van der Waals surface area (Å²) in [5, 5.41) is 31.0. The van der Waals surface area contributed by atoms with Crippen LogP contribution in [0.3, 0.4) is 0 Å².